The lowest BCUT2D eigenvalue weighted by Crippen LogP contribution is -2.22. The molecule has 3 heteroatoms. The Hall–Kier alpha value is -1.45. The fourth-order valence-corrected chi connectivity index (χ4v) is 2.56. The lowest BCUT2D eigenvalue weighted by Gasteiger charge is -2.12. The van der Waals surface area contributed by atoms with Gasteiger partial charge in [0.1, 0.15) is 0 Å². The number of benzene rings is 1. The van der Waals surface area contributed by atoms with Crippen LogP contribution in [-0.4, -0.2) is 11.8 Å². The molecule has 1 atom stereocenters. The van der Waals surface area contributed by atoms with Crippen LogP contribution in [0.1, 0.15) is 34.1 Å². The number of carbonyl (C=O) groups excluding carboxylic acids is 1. The van der Waals surface area contributed by atoms with Crippen LogP contribution in [-0.2, 0) is 6.42 Å². The van der Waals surface area contributed by atoms with E-state index in [2.05, 4.69) is 6.92 Å². The molecule has 0 bridgehead atoms. The molecule has 0 aliphatic heterocycles. The molecule has 0 spiro atoms. The first kappa shape index (κ1) is 13.0. The third-order valence-electron chi connectivity index (χ3n) is 3.01. The van der Waals surface area contributed by atoms with E-state index in [-0.39, 0.29) is 11.8 Å². The highest BCUT2D eigenvalue weighted by Gasteiger charge is 2.15. The minimum Gasteiger partial charge on any atom is -0.327 e. The molecule has 2 aromatic rings. The van der Waals surface area contributed by atoms with Crippen molar-refractivity contribution in [1.82, 2.24) is 0 Å². The Morgan fingerprint density at radius 1 is 1.28 bits per heavy atom. The zero-order chi connectivity index (χ0) is 13.0. The number of rotatable bonds is 5. The van der Waals surface area contributed by atoms with Gasteiger partial charge in [-0.2, -0.15) is 0 Å². The first-order chi connectivity index (χ1) is 8.72. The largest absolute Gasteiger partial charge is 0.327 e. The van der Waals surface area contributed by atoms with Crippen LogP contribution >= 0.6 is 11.3 Å². The maximum Gasteiger partial charge on any atom is 0.203 e. The fraction of sp³-hybridized carbons (Fsp3) is 0.267. The van der Waals surface area contributed by atoms with Gasteiger partial charge in [-0.15, -0.1) is 11.3 Å². The molecule has 2 rings (SSSR count). The van der Waals surface area contributed by atoms with Crippen LogP contribution in [0.3, 0.4) is 0 Å². The predicted molar refractivity (Wildman–Crippen MR) is 76.2 cm³/mol. The maximum atomic E-state index is 12.4. The van der Waals surface area contributed by atoms with Crippen LogP contribution in [0.25, 0.3) is 0 Å². The highest BCUT2D eigenvalue weighted by atomic mass is 32.1. The smallest absolute Gasteiger partial charge is 0.203 e. The Kier molecular flexibility index (Phi) is 4.28. The van der Waals surface area contributed by atoms with Crippen molar-refractivity contribution >= 4 is 17.1 Å². The van der Waals surface area contributed by atoms with E-state index in [1.165, 1.54) is 11.3 Å². The molecule has 0 aliphatic carbocycles. The van der Waals surface area contributed by atoms with Gasteiger partial charge < -0.3 is 5.73 Å². The average molecular weight is 259 g/mol. The summed E-state index contributed by atoms with van der Waals surface area (Å²) in [4.78, 5) is 13.2. The number of nitrogens with two attached hydrogens (primary N) is 1. The standard InChI is InChI=1S/C15H17NOS/c1-2-12(16)10-11-6-3-4-7-13(11)15(17)14-8-5-9-18-14/h3-9,12H,2,10,16H2,1H3. The predicted octanol–water partition coefficient (Wildman–Crippen LogP) is 3.26. The molecular formula is C15H17NOS. The summed E-state index contributed by atoms with van der Waals surface area (Å²) in [6.07, 6.45) is 1.67. The summed E-state index contributed by atoms with van der Waals surface area (Å²) < 4.78 is 0. The summed E-state index contributed by atoms with van der Waals surface area (Å²) in [6, 6.07) is 11.6. The molecule has 0 amide bonds. The second-order valence-corrected chi connectivity index (χ2v) is 5.28. The van der Waals surface area contributed by atoms with Gasteiger partial charge in [-0.1, -0.05) is 37.3 Å². The van der Waals surface area contributed by atoms with E-state index in [1.54, 1.807) is 0 Å². The quantitative estimate of drug-likeness (QED) is 0.837. The van der Waals surface area contributed by atoms with E-state index in [1.807, 2.05) is 41.8 Å². The number of hydrogen-bond acceptors (Lipinski definition) is 3. The van der Waals surface area contributed by atoms with Crippen molar-refractivity contribution in [3.8, 4) is 0 Å². The molecule has 0 saturated heterocycles. The SMILES string of the molecule is CCC(N)Cc1ccccc1C(=O)c1cccs1. The van der Waals surface area contributed by atoms with E-state index in [0.29, 0.717) is 0 Å². The van der Waals surface area contributed by atoms with Crippen LogP contribution in [0.4, 0.5) is 0 Å². The summed E-state index contributed by atoms with van der Waals surface area (Å²) in [5.41, 5.74) is 7.81. The Morgan fingerprint density at radius 2 is 2.06 bits per heavy atom. The van der Waals surface area contributed by atoms with Gasteiger partial charge in [-0.05, 0) is 29.9 Å². The van der Waals surface area contributed by atoms with Gasteiger partial charge in [0.05, 0.1) is 4.88 Å². The highest BCUT2D eigenvalue weighted by molar-refractivity contribution is 7.12. The lowest BCUT2D eigenvalue weighted by atomic mass is 9.96. The third kappa shape index (κ3) is 2.86. The molecule has 1 unspecified atom stereocenters. The number of ketones is 1. The molecule has 2 N–H and O–H groups in total. The van der Waals surface area contributed by atoms with Gasteiger partial charge >= 0.3 is 0 Å². The Balaban J connectivity index is 2.30. The normalized spacial score (nSPS) is 12.3. The van der Waals surface area contributed by atoms with Crippen LogP contribution in [0.5, 0.6) is 0 Å². The monoisotopic (exact) mass is 259 g/mol. The van der Waals surface area contributed by atoms with Crippen molar-refractivity contribution in [1.29, 1.82) is 0 Å². The van der Waals surface area contributed by atoms with Gasteiger partial charge in [0.2, 0.25) is 5.78 Å². The first-order valence-corrected chi connectivity index (χ1v) is 7.02. The van der Waals surface area contributed by atoms with Crippen LogP contribution in [0.2, 0.25) is 0 Å². The molecule has 0 radical (unpaired) electrons. The maximum absolute atomic E-state index is 12.4. The number of thiophene rings is 1. The average Bonchev–Trinajstić information content (AvgIpc) is 2.92. The minimum absolute atomic E-state index is 0.101. The van der Waals surface area contributed by atoms with E-state index in [4.69, 9.17) is 5.73 Å². The zero-order valence-corrected chi connectivity index (χ0v) is 11.2. The van der Waals surface area contributed by atoms with Crippen LogP contribution in [0.15, 0.2) is 41.8 Å². The lowest BCUT2D eigenvalue weighted by molar-refractivity contribution is 0.104. The van der Waals surface area contributed by atoms with Crippen LogP contribution in [0, 0.1) is 0 Å². The summed E-state index contributed by atoms with van der Waals surface area (Å²) >= 11 is 1.48. The molecule has 94 valence electrons. The van der Waals surface area contributed by atoms with Crippen molar-refractivity contribution in [3.05, 3.63) is 57.8 Å². The third-order valence-corrected chi connectivity index (χ3v) is 3.88. The minimum atomic E-state index is 0.101. The Morgan fingerprint density at radius 3 is 2.72 bits per heavy atom. The van der Waals surface area contributed by atoms with E-state index < -0.39 is 0 Å². The Bertz CT molecular complexity index is 519. The van der Waals surface area contributed by atoms with Crippen molar-refractivity contribution < 1.29 is 4.79 Å². The van der Waals surface area contributed by atoms with Crippen molar-refractivity contribution in [2.75, 3.05) is 0 Å². The highest BCUT2D eigenvalue weighted by Crippen LogP contribution is 2.19. The molecule has 0 aliphatic rings. The van der Waals surface area contributed by atoms with Crippen molar-refractivity contribution in [3.63, 3.8) is 0 Å². The second-order valence-electron chi connectivity index (χ2n) is 4.34. The van der Waals surface area contributed by atoms with Gasteiger partial charge in [0.15, 0.2) is 0 Å². The summed E-state index contributed by atoms with van der Waals surface area (Å²) in [7, 11) is 0. The zero-order valence-electron chi connectivity index (χ0n) is 10.4. The van der Waals surface area contributed by atoms with E-state index in [0.717, 1.165) is 28.8 Å². The molecule has 1 aromatic carbocycles. The summed E-state index contributed by atoms with van der Waals surface area (Å²) in [5, 5.41) is 1.92. The Labute approximate surface area is 111 Å². The van der Waals surface area contributed by atoms with E-state index >= 15 is 0 Å². The molecule has 0 saturated carbocycles. The molecule has 1 aromatic heterocycles. The summed E-state index contributed by atoms with van der Waals surface area (Å²) in [6.45, 7) is 2.06. The van der Waals surface area contributed by atoms with E-state index in [9.17, 15) is 4.79 Å². The van der Waals surface area contributed by atoms with Gasteiger partial charge in [-0.25, -0.2) is 0 Å². The molecule has 1 heterocycles. The van der Waals surface area contributed by atoms with Crippen LogP contribution < -0.4 is 5.73 Å². The van der Waals surface area contributed by atoms with Gasteiger partial charge in [0, 0.05) is 11.6 Å². The topological polar surface area (TPSA) is 43.1 Å². The molecule has 18 heavy (non-hydrogen) atoms. The molecule has 2 nitrogen and oxygen atoms in total. The van der Waals surface area contributed by atoms with Gasteiger partial charge in [-0.3, -0.25) is 4.79 Å². The number of carbonyl (C=O) groups is 1. The fourth-order valence-electron chi connectivity index (χ4n) is 1.89. The molecular weight excluding hydrogens is 242 g/mol. The van der Waals surface area contributed by atoms with Gasteiger partial charge in [0.25, 0.3) is 0 Å². The van der Waals surface area contributed by atoms with Crippen molar-refractivity contribution in [2.45, 2.75) is 25.8 Å². The first-order valence-electron chi connectivity index (χ1n) is 6.14. The van der Waals surface area contributed by atoms with Crippen molar-refractivity contribution in [2.24, 2.45) is 5.73 Å². The molecule has 0 fully saturated rings. The number of hydrogen-bond donors (Lipinski definition) is 1. The summed E-state index contributed by atoms with van der Waals surface area (Å²) in [5.74, 6) is 0.101. The second kappa shape index (κ2) is 5.94.